The molecular weight excluding hydrogens is 469 g/mol. The number of hydrogen-bond donors (Lipinski definition) is 3. The predicted molar refractivity (Wildman–Crippen MR) is 122 cm³/mol. The highest BCUT2D eigenvalue weighted by Gasteiger charge is 2.46. The van der Waals surface area contributed by atoms with Gasteiger partial charge in [0, 0.05) is 16.7 Å². The summed E-state index contributed by atoms with van der Waals surface area (Å²) in [4.78, 5) is 25.1. The van der Waals surface area contributed by atoms with Crippen molar-refractivity contribution in [3.8, 4) is 5.75 Å². The van der Waals surface area contributed by atoms with Gasteiger partial charge in [-0.2, -0.15) is 0 Å². The Hall–Kier alpha value is -2.56. The predicted octanol–water partition coefficient (Wildman–Crippen LogP) is 3.04. The topological polar surface area (TPSA) is 114 Å². The SMILES string of the molecule is CC(=O)c1ccc2c(c1)[C@H](NC(=O)c1ccc(F)c(Cl)c1)[C@H](OCOC[C@@H](O)CO)C(C)(C)O2. The zero-order chi connectivity index (χ0) is 25.0. The first-order valence-electron chi connectivity index (χ1n) is 10.6. The summed E-state index contributed by atoms with van der Waals surface area (Å²) in [6.07, 6.45) is -1.84. The third-order valence-corrected chi connectivity index (χ3v) is 5.72. The average Bonchev–Trinajstić information content (AvgIpc) is 2.78. The number of benzene rings is 2. The normalized spacial score (nSPS) is 19.6. The van der Waals surface area contributed by atoms with Crippen molar-refractivity contribution in [1.82, 2.24) is 5.32 Å². The van der Waals surface area contributed by atoms with Gasteiger partial charge in [-0.3, -0.25) is 9.59 Å². The van der Waals surface area contributed by atoms with Crippen molar-refractivity contribution in [3.05, 3.63) is 63.9 Å². The number of ether oxygens (including phenoxy) is 3. The van der Waals surface area contributed by atoms with Crippen LogP contribution in [0.2, 0.25) is 5.02 Å². The van der Waals surface area contributed by atoms with E-state index in [4.69, 9.17) is 30.9 Å². The molecule has 1 aliphatic heterocycles. The standard InChI is InChI=1S/C24H27ClFNO7/c1-13(29)14-5-7-20-17(8-14)21(27-23(31)15-4-6-19(26)18(25)9-15)22(24(2,3)34-20)33-12-32-11-16(30)10-28/h4-9,16,21-22,28,30H,10-12H2,1-3H3,(H,27,31)/t16-,21-,22-/m0/s1. The van der Waals surface area contributed by atoms with E-state index in [1.54, 1.807) is 32.0 Å². The van der Waals surface area contributed by atoms with E-state index in [0.717, 1.165) is 6.07 Å². The van der Waals surface area contributed by atoms with Gasteiger partial charge < -0.3 is 29.7 Å². The van der Waals surface area contributed by atoms with Crippen molar-refractivity contribution in [2.45, 2.75) is 44.6 Å². The molecule has 1 amide bonds. The van der Waals surface area contributed by atoms with Gasteiger partial charge in [0.1, 0.15) is 36.2 Å². The smallest absolute Gasteiger partial charge is 0.251 e. The Morgan fingerprint density at radius 1 is 1.24 bits per heavy atom. The maximum absolute atomic E-state index is 13.6. The van der Waals surface area contributed by atoms with Gasteiger partial charge in [0.05, 0.1) is 24.3 Å². The molecule has 3 atom stereocenters. The van der Waals surface area contributed by atoms with Crippen molar-refractivity contribution in [1.29, 1.82) is 0 Å². The monoisotopic (exact) mass is 495 g/mol. The molecule has 0 unspecified atom stereocenters. The van der Waals surface area contributed by atoms with E-state index < -0.39 is 42.2 Å². The summed E-state index contributed by atoms with van der Waals surface area (Å²) >= 11 is 5.84. The van der Waals surface area contributed by atoms with Crippen LogP contribution in [0.15, 0.2) is 36.4 Å². The van der Waals surface area contributed by atoms with Gasteiger partial charge >= 0.3 is 0 Å². The number of nitrogens with one attached hydrogen (secondary N) is 1. The van der Waals surface area contributed by atoms with Gasteiger partial charge in [0.2, 0.25) is 0 Å². The van der Waals surface area contributed by atoms with E-state index in [-0.39, 0.29) is 29.8 Å². The maximum Gasteiger partial charge on any atom is 0.251 e. The van der Waals surface area contributed by atoms with Crippen molar-refractivity contribution in [3.63, 3.8) is 0 Å². The molecule has 0 saturated heterocycles. The molecule has 0 spiro atoms. The maximum atomic E-state index is 13.6. The number of hydrogen-bond acceptors (Lipinski definition) is 7. The number of carbonyl (C=O) groups excluding carboxylic acids is 2. The summed E-state index contributed by atoms with van der Waals surface area (Å²) in [5, 5.41) is 21.1. The lowest BCUT2D eigenvalue weighted by molar-refractivity contribution is -0.169. The molecule has 2 aromatic rings. The minimum atomic E-state index is -1.06. The van der Waals surface area contributed by atoms with Crippen molar-refractivity contribution >= 4 is 23.3 Å². The molecule has 34 heavy (non-hydrogen) atoms. The highest BCUT2D eigenvalue weighted by molar-refractivity contribution is 6.31. The molecule has 2 aromatic carbocycles. The molecule has 3 rings (SSSR count). The van der Waals surface area contributed by atoms with Gasteiger partial charge in [-0.05, 0) is 57.2 Å². The van der Waals surface area contributed by atoms with E-state index in [9.17, 15) is 19.1 Å². The second kappa shape index (κ2) is 10.8. The lowest BCUT2D eigenvalue weighted by Crippen LogP contribution is -2.55. The Morgan fingerprint density at radius 3 is 2.59 bits per heavy atom. The quantitative estimate of drug-likeness (QED) is 0.278. The van der Waals surface area contributed by atoms with E-state index in [1.807, 2.05) is 0 Å². The summed E-state index contributed by atoms with van der Waals surface area (Å²) in [5.41, 5.74) is 0.143. The minimum absolute atomic E-state index is 0.140. The lowest BCUT2D eigenvalue weighted by atomic mass is 9.85. The number of halogens is 2. The molecule has 0 aliphatic carbocycles. The molecule has 1 aliphatic rings. The number of carbonyl (C=O) groups is 2. The molecule has 3 N–H and O–H groups in total. The molecule has 184 valence electrons. The van der Waals surface area contributed by atoms with Crippen LogP contribution in [0, 0.1) is 5.82 Å². The first kappa shape index (κ1) is 26.1. The minimum Gasteiger partial charge on any atom is -0.485 e. The largest absolute Gasteiger partial charge is 0.485 e. The molecule has 0 fully saturated rings. The first-order valence-corrected chi connectivity index (χ1v) is 11.0. The fourth-order valence-electron chi connectivity index (χ4n) is 3.68. The summed E-state index contributed by atoms with van der Waals surface area (Å²) in [5.74, 6) is -0.880. The summed E-state index contributed by atoms with van der Waals surface area (Å²) in [7, 11) is 0. The zero-order valence-corrected chi connectivity index (χ0v) is 19.8. The van der Waals surface area contributed by atoms with Crippen molar-refractivity contribution < 1.29 is 38.4 Å². The van der Waals surface area contributed by atoms with Crippen molar-refractivity contribution in [2.24, 2.45) is 0 Å². The van der Waals surface area contributed by atoms with Gasteiger partial charge in [-0.25, -0.2) is 4.39 Å². The molecular formula is C24H27ClFNO7. The number of fused-ring (bicyclic) bond motifs is 1. The molecule has 1 heterocycles. The Bertz CT molecular complexity index is 1060. The molecule has 0 radical (unpaired) electrons. The highest BCUT2D eigenvalue weighted by atomic mass is 35.5. The third-order valence-electron chi connectivity index (χ3n) is 5.43. The number of rotatable bonds is 9. The fourth-order valence-corrected chi connectivity index (χ4v) is 3.86. The van der Waals surface area contributed by atoms with Crippen LogP contribution in [0.1, 0.15) is 53.1 Å². The van der Waals surface area contributed by atoms with E-state index in [2.05, 4.69) is 5.32 Å². The van der Waals surface area contributed by atoms with Crippen LogP contribution in [0.3, 0.4) is 0 Å². The van der Waals surface area contributed by atoms with Gasteiger partial charge in [0.15, 0.2) is 5.78 Å². The first-order chi connectivity index (χ1) is 16.0. The van der Waals surface area contributed by atoms with Gasteiger partial charge in [-0.15, -0.1) is 0 Å². The third kappa shape index (κ3) is 5.92. The Labute approximate surface area is 201 Å². The second-order valence-electron chi connectivity index (χ2n) is 8.51. The van der Waals surface area contributed by atoms with Crippen LogP contribution in [-0.4, -0.2) is 59.7 Å². The van der Waals surface area contributed by atoms with E-state index >= 15 is 0 Å². The number of Topliss-reactive ketones (excluding diaryl/α,β-unsaturated/α-hetero) is 1. The summed E-state index contributed by atoms with van der Waals surface area (Å²) in [6, 6.07) is 7.77. The van der Waals surface area contributed by atoms with Gasteiger partial charge in [-0.1, -0.05) is 11.6 Å². The fraction of sp³-hybridized carbons (Fsp3) is 0.417. The molecule has 0 bridgehead atoms. The lowest BCUT2D eigenvalue weighted by Gasteiger charge is -2.44. The number of amides is 1. The van der Waals surface area contributed by atoms with Crippen LogP contribution in [0.25, 0.3) is 0 Å². The molecule has 10 heteroatoms. The molecule has 0 saturated carbocycles. The van der Waals surface area contributed by atoms with Gasteiger partial charge in [0.25, 0.3) is 5.91 Å². The van der Waals surface area contributed by atoms with Crippen LogP contribution in [0.4, 0.5) is 4.39 Å². The van der Waals surface area contributed by atoms with Crippen LogP contribution < -0.4 is 10.1 Å². The second-order valence-corrected chi connectivity index (χ2v) is 8.91. The summed E-state index contributed by atoms with van der Waals surface area (Å²) < 4.78 is 30.9. The zero-order valence-electron chi connectivity index (χ0n) is 19.0. The van der Waals surface area contributed by atoms with Crippen LogP contribution in [-0.2, 0) is 9.47 Å². The Balaban J connectivity index is 1.94. The molecule has 0 aromatic heterocycles. The number of aliphatic hydroxyl groups is 2. The number of ketones is 1. The highest BCUT2D eigenvalue weighted by Crippen LogP contribution is 2.42. The van der Waals surface area contributed by atoms with E-state index in [0.29, 0.717) is 16.9 Å². The molecule has 8 nitrogen and oxygen atoms in total. The average molecular weight is 496 g/mol. The summed E-state index contributed by atoms with van der Waals surface area (Å²) in [6.45, 7) is 4.10. The van der Waals surface area contributed by atoms with Crippen LogP contribution >= 0.6 is 11.6 Å². The Morgan fingerprint density at radius 2 is 1.94 bits per heavy atom. The van der Waals surface area contributed by atoms with Crippen LogP contribution in [0.5, 0.6) is 5.75 Å². The number of aliphatic hydroxyl groups excluding tert-OH is 2. The van der Waals surface area contributed by atoms with E-state index in [1.165, 1.54) is 19.1 Å². The Kier molecular flexibility index (Phi) is 8.27. The van der Waals surface area contributed by atoms with Crippen molar-refractivity contribution in [2.75, 3.05) is 20.0 Å².